The van der Waals surface area contributed by atoms with E-state index in [4.69, 9.17) is 9.84 Å². The number of aliphatic hydroxyl groups is 1. The number of ether oxygens (including phenoxy) is 1. The summed E-state index contributed by atoms with van der Waals surface area (Å²) in [6.07, 6.45) is 1.96. The van der Waals surface area contributed by atoms with Crippen LogP contribution in [-0.2, 0) is 11.3 Å². The molecule has 0 aliphatic carbocycles. The molecule has 5 nitrogen and oxygen atoms in total. The van der Waals surface area contributed by atoms with Crippen LogP contribution in [0.5, 0.6) is 0 Å². The van der Waals surface area contributed by atoms with Gasteiger partial charge in [0, 0.05) is 25.4 Å². The fourth-order valence-electron chi connectivity index (χ4n) is 2.17. The van der Waals surface area contributed by atoms with E-state index < -0.39 is 0 Å². The number of anilines is 1. The molecule has 0 amide bonds. The quantitative estimate of drug-likeness (QED) is 0.900. The lowest BCUT2D eigenvalue weighted by molar-refractivity contribution is 0.122. The lowest BCUT2D eigenvalue weighted by Crippen LogP contribution is -2.36. The standard InChI is InChI=1S/C14H17N3O2/c18-11-12-1-3-13(4-2-12)17-6-5-14(15-17)16-7-9-19-10-8-16/h1-6,18H,7-11H2. The normalized spacial score (nSPS) is 15.7. The first-order chi connectivity index (χ1) is 9.36. The molecule has 0 unspecified atom stereocenters. The van der Waals surface area contributed by atoms with E-state index in [1.807, 2.05) is 41.2 Å². The molecule has 3 rings (SSSR count). The van der Waals surface area contributed by atoms with Gasteiger partial charge in [0.2, 0.25) is 0 Å². The van der Waals surface area contributed by atoms with Gasteiger partial charge in [-0.15, -0.1) is 0 Å². The summed E-state index contributed by atoms with van der Waals surface area (Å²) >= 11 is 0. The lowest BCUT2D eigenvalue weighted by Gasteiger charge is -2.26. The number of aromatic nitrogens is 2. The summed E-state index contributed by atoms with van der Waals surface area (Å²) in [6, 6.07) is 9.76. The van der Waals surface area contributed by atoms with Crippen LogP contribution in [0.1, 0.15) is 5.56 Å². The minimum absolute atomic E-state index is 0.0679. The maximum absolute atomic E-state index is 9.03. The zero-order valence-electron chi connectivity index (χ0n) is 10.7. The predicted molar refractivity (Wildman–Crippen MR) is 72.5 cm³/mol. The minimum atomic E-state index is 0.0679. The van der Waals surface area contributed by atoms with E-state index in [9.17, 15) is 0 Å². The van der Waals surface area contributed by atoms with E-state index >= 15 is 0 Å². The lowest BCUT2D eigenvalue weighted by atomic mass is 10.2. The molecule has 1 aromatic heterocycles. The summed E-state index contributed by atoms with van der Waals surface area (Å²) in [7, 11) is 0. The molecule has 1 fully saturated rings. The third kappa shape index (κ3) is 2.62. The Hall–Kier alpha value is -1.85. The third-order valence-electron chi connectivity index (χ3n) is 3.29. The summed E-state index contributed by atoms with van der Waals surface area (Å²) in [4.78, 5) is 2.22. The molecule has 0 saturated carbocycles. The number of hydrogen-bond acceptors (Lipinski definition) is 4. The van der Waals surface area contributed by atoms with Gasteiger partial charge in [0.1, 0.15) is 0 Å². The molecule has 2 heterocycles. The summed E-state index contributed by atoms with van der Waals surface area (Å²) in [5.74, 6) is 0.981. The molecule has 0 atom stereocenters. The molecule has 1 N–H and O–H groups in total. The van der Waals surface area contributed by atoms with Crippen molar-refractivity contribution in [2.45, 2.75) is 6.61 Å². The van der Waals surface area contributed by atoms with Crippen LogP contribution in [0.3, 0.4) is 0 Å². The predicted octanol–water partition coefficient (Wildman–Crippen LogP) is 1.20. The number of aliphatic hydroxyl groups excluding tert-OH is 1. The zero-order chi connectivity index (χ0) is 13.1. The Balaban J connectivity index is 1.79. The van der Waals surface area contributed by atoms with Gasteiger partial charge in [-0.1, -0.05) is 12.1 Å². The topological polar surface area (TPSA) is 50.5 Å². The smallest absolute Gasteiger partial charge is 0.151 e. The molecule has 19 heavy (non-hydrogen) atoms. The Morgan fingerprint density at radius 2 is 1.84 bits per heavy atom. The highest BCUT2D eigenvalue weighted by atomic mass is 16.5. The van der Waals surface area contributed by atoms with Gasteiger partial charge < -0.3 is 14.7 Å². The van der Waals surface area contributed by atoms with Crippen molar-refractivity contribution in [2.24, 2.45) is 0 Å². The van der Waals surface area contributed by atoms with Crippen molar-refractivity contribution in [1.82, 2.24) is 9.78 Å². The van der Waals surface area contributed by atoms with Crippen molar-refractivity contribution in [3.05, 3.63) is 42.1 Å². The molecule has 2 aromatic rings. The van der Waals surface area contributed by atoms with Gasteiger partial charge in [-0.3, -0.25) is 0 Å². The SMILES string of the molecule is OCc1ccc(-n2ccc(N3CCOCC3)n2)cc1. The van der Waals surface area contributed by atoms with E-state index in [2.05, 4.69) is 10.00 Å². The molecule has 1 saturated heterocycles. The Morgan fingerprint density at radius 1 is 1.11 bits per heavy atom. The first kappa shape index (κ1) is 12.2. The van der Waals surface area contributed by atoms with Crippen LogP contribution in [0.15, 0.2) is 36.5 Å². The highest BCUT2D eigenvalue weighted by Gasteiger charge is 2.13. The van der Waals surface area contributed by atoms with E-state index in [1.54, 1.807) is 0 Å². The van der Waals surface area contributed by atoms with Crippen molar-refractivity contribution >= 4 is 5.82 Å². The second kappa shape index (κ2) is 5.42. The van der Waals surface area contributed by atoms with Crippen LogP contribution in [0.4, 0.5) is 5.82 Å². The number of benzene rings is 1. The number of morpholine rings is 1. The van der Waals surface area contributed by atoms with Crippen LogP contribution in [0, 0.1) is 0 Å². The minimum Gasteiger partial charge on any atom is -0.392 e. The maximum Gasteiger partial charge on any atom is 0.151 e. The Labute approximate surface area is 112 Å². The number of nitrogens with zero attached hydrogens (tertiary/aromatic N) is 3. The summed E-state index contributed by atoms with van der Waals surface area (Å²) in [5.41, 5.74) is 1.90. The highest BCUT2D eigenvalue weighted by molar-refractivity contribution is 5.41. The maximum atomic E-state index is 9.03. The largest absolute Gasteiger partial charge is 0.392 e. The van der Waals surface area contributed by atoms with Gasteiger partial charge >= 0.3 is 0 Å². The molecule has 100 valence electrons. The summed E-state index contributed by atoms with van der Waals surface area (Å²) < 4.78 is 7.19. The second-order valence-electron chi connectivity index (χ2n) is 4.54. The van der Waals surface area contributed by atoms with Crippen LogP contribution >= 0.6 is 0 Å². The first-order valence-electron chi connectivity index (χ1n) is 6.45. The average molecular weight is 259 g/mol. The summed E-state index contributed by atoms with van der Waals surface area (Å²) in [6.45, 7) is 3.37. The highest BCUT2D eigenvalue weighted by Crippen LogP contribution is 2.16. The average Bonchev–Trinajstić information content (AvgIpc) is 2.98. The Kier molecular flexibility index (Phi) is 3.48. The van der Waals surface area contributed by atoms with Crippen molar-refractivity contribution < 1.29 is 9.84 Å². The van der Waals surface area contributed by atoms with Crippen LogP contribution in [-0.4, -0.2) is 41.2 Å². The van der Waals surface area contributed by atoms with Crippen molar-refractivity contribution in [1.29, 1.82) is 0 Å². The van der Waals surface area contributed by atoms with Crippen molar-refractivity contribution in [3.8, 4) is 5.69 Å². The third-order valence-corrected chi connectivity index (χ3v) is 3.29. The van der Waals surface area contributed by atoms with Gasteiger partial charge in [0.25, 0.3) is 0 Å². The molecular weight excluding hydrogens is 242 g/mol. The van der Waals surface area contributed by atoms with Gasteiger partial charge in [-0.25, -0.2) is 4.68 Å². The second-order valence-corrected chi connectivity index (χ2v) is 4.54. The first-order valence-corrected chi connectivity index (χ1v) is 6.45. The Bertz CT molecular complexity index is 530. The molecular formula is C14H17N3O2. The molecule has 0 spiro atoms. The van der Waals surface area contributed by atoms with Crippen molar-refractivity contribution in [2.75, 3.05) is 31.2 Å². The van der Waals surface area contributed by atoms with Gasteiger partial charge in [-0.2, -0.15) is 5.10 Å². The Morgan fingerprint density at radius 3 is 2.53 bits per heavy atom. The molecule has 0 radical (unpaired) electrons. The van der Waals surface area contributed by atoms with Gasteiger partial charge in [0.15, 0.2) is 5.82 Å². The van der Waals surface area contributed by atoms with Crippen LogP contribution in [0.2, 0.25) is 0 Å². The summed E-state index contributed by atoms with van der Waals surface area (Å²) in [5, 5.41) is 13.6. The molecule has 5 heteroatoms. The van der Waals surface area contributed by atoms with E-state index in [1.165, 1.54) is 0 Å². The van der Waals surface area contributed by atoms with Crippen molar-refractivity contribution in [3.63, 3.8) is 0 Å². The molecule has 1 aliphatic rings. The van der Waals surface area contributed by atoms with E-state index in [-0.39, 0.29) is 6.61 Å². The molecule has 0 bridgehead atoms. The number of hydrogen-bond donors (Lipinski definition) is 1. The van der Waals surface area contributed by atoms with E-state index in [0.29, 0.717) is 0 Å². The van der Waals surface area contributed by atoms with Gasteiger partial charge in [0.05, 0.1) is 25.5 Å². The van der Waals surface area contributed by atoms with Crippen LogP contribution in [0.25, 0.3) is 5.69 Å². The molecule has 1 aromatic carbocycles. The van der Waals surface area contributed by atoms with E-state index in [0.717, 1.165) is 43.4 Å². The number of rotatable bonds is 3. The fourth-order valence-corrected chi connectivity index (χ4v) is 2.17. The molecule has 1 aliphatic heterocycles. The van der Waals surface area contributed by atoms with Crippen LogP contribution < -0.4 is 4.90 Å². The fraction of sp³-hybridized carbons (Fsp3) is 0.357. The monoisotopic (exact) mass is 259 g/mol. The zero-order valence-corrected chi connectivity index (χ0v) is 10.7. The van der Waals surface area contributed by atoms with Gasteiger partial charge in [-0.05, 0) is 17.7 Å².